The number of hydrogen-bond acceptors (Lipinski definition) is 3. The summed E-state index contributed by atoms with van der Waals surface area (Å²) in [6.07, 6.45) is 1.75. The Hall–Kier alpha value is -1.89. The second kappa shape index (κ2) is 8.00. The molecule has 0 N–H and O–H groups in total. The zero-order valence-electron chi connectivity index (χ0n) is 15.5. The monoisotopic (exact) mass is 406 g/mol. The number of sulfonamides is 1. The highest BCUT2D eigenvalue weighted by molar-refractivity contribution is 7.89. The number of nitrogens with zero attached hydrogens (tertiary/aromatic N) is 2. The lowest BCUT2D eigenvalue weighted by molar-refractivity contribution is 0.0784. The van der Waals surface area contributed by atoms with Gasteiger partial charge in [-0.15, -0.1) is 0 Å². The molecule has 1 fully saturated rings. The van der Waals surface area contributed by atoms with Crippen LogP contribution in [0.15, 0.2) is 47.4 Å². The Bertz CT molecular complexity index is 936. The van der Waals surface area contributed by atoms with Gasteiger partial charge >= 0.3 is 0 Å². The molecular weight excluding hydrogens is 384 g/mol. The molecule has 5 nitrogen and oxygen atoms in total. The molecule has 1 heterocycles. The molecule has 3 rings (SSSR count). The molecule has 0 unspecified atom stereocenters. The van der Waals surface area contributed by atoms with Crippen molar-refractivity contribution in [3.8, 4) is 0 Å². The third-order valence-electron chi connectivity index (χ3n) is 4.82. The van der Waals surface area contributed by atoms with Gasteiger partial charge in [0.05, 0.1) is 4.90 Å². The highest BCUT2D eigenvalue weighted by Crippen LogP contribution is 2.24. The van der Waals surface area contributed by atoms with Gasteiger partial charge in [0.25, 0.3) is 5.91 Å². The first kappa shape index (κ1) is 19.9. The molecular formula is C20H23ClN2O3S. The second-order valence-electron chi connectivity index (χ2n) is 6.88. The van der Waals surface area contributed by atoms with Gasteiger partial charge in [-0.25, -0.2) is 8.42 Å². The average molecular weight is 407 g/mol. The second-order valence-corrected chi connectivity index (χ2v) is 9.25. The highest BCUT2D eigenvalue weighted by Gasteiger charge is 2.28. The normalized spacial score (nSPS) is 15.1. The molecule has 144 valence electrons. The summed E-state index contributed by atoms with van der Waals surface area (Å²) in [5.74, 6) is -0.207. The highest BCUT2D eigenvalue weighted by atomic mass is 35.5. The number of carbonyl (C=O) groups is 1. The lowest BCUT2D eigenvalue weighted by Crippen LogP contribution is -2.29. The summed E-state index contributed by atoms with van der Waals surface area (Å²) in [7, 11) is -1.85. The molecule has 0 bridgehead atoms. The van der Waals surface area contributed by atoms with Crippen LogP contribution in [0.5, 0.6) is 0 Å². The molecule has 1 amide bonds. The van der Waals surface area contributed by atoms with Gasteiger partial charge in [0.1, 0.15) is 0 Å². The van der Waals surface area contributed by atoms with Crippen LogP contribution in [-0.4, -0.2) is 43.7 Å². The largest absolute Gasteiger partial charge is 0.337 e. The van der Waals surface area contributed by atoms with Gasteiger partial charge in [-0.1, -0.05) is 29.8 Å². The van der Waals surface area contributed by atoms with E-state index >= 15 is 0 Å². The lowest BCUT2D eigenvalue weighted by atomic mass is 10.1. The summed E-state index contributed by atoms with van der Waals surface area (Å²) >= 11 is 5.90. The van der Waals surface area contributed by atoms with E-state index in [1.807, 2.05) is 19.1 Å². The third-order valence-corrected chi connectivity index (χ3v) is 6.97. The summed E-state index contributed by atoms with van der Waals surface area (Å²) in [4.78, 5) is 14.7. The average Bonchev–Trinajstić information content (AvgIpc) is 3.19. The summed E-state index contributed by atoms with van der Waals surface area (Å²) in [6.45, 7) is 3.31. The van der Waals surface area contributed by atoms with Gasteiger partial charge in [-0.3, -0.25) is 4.79 Å². The van der Waals surface area contributed by atoms with E-state index in [1.54, 1.807) is 36.2 Å². The first-order chi connectivity index (χ1) is 12.8. The quantitative estimate of drug-likeness (QED) is 0.760. The Balaban J connectivity index is 1.84. The van der Waals surface area contributed by atoms with Crippen molar-refractivity contribution in [2.24, 2.45) is 0 Å². The molecule has 0 atom stereocenters. The minimum atomic E-state index is -3.55. The maximum atomic E-state index is 12.9. The molecule has 0 saturated carbocycles. The van der Waals surface area contributed by atoms with Crippen molar-refractivity contribution in [3.63, 3.8) is 0 Å². The summed E-state index contributed by atoms with van der Waals surface area (Å²) in [6, 6.07) is 12.1. The van der Waals surface area contributed by atoms with Crippen molar-refractivity contribution in [2.75, 3.05) is 20.1 Å². The van der Waals surface area contributed by atoms with Gasteiger partial charge in [0, 0.05) is 37.3 Å². The van der Waals surface area contributed by atoms with Crippen molar-refractivity contribution in [1.29, 1.82) is 0 Å². The number of aryl methyl sites for hydroxylation is 1. The van der Waals surface area contributed by atoms with Crippen LogP contribution in [0.3, 0.4) is 0 Å². The van der Waals surface area contributed by atoms with E-state index < -0.39 is 10.0 Å². The molecule has 0 aliphatic carbocycles. The molecule has 2 aromatic rings. The van der Waals surface area contributed by atoms with Crippen molar-refractivity contribution in [1.82, 2.24) is 9.21 Å². The fourth-order valence-corrected chi connectivity index (χ4v) is 4.88. The fraction of sp³-hybridized carbons (Fsp3) is 0.350. The standard InChI is InChI=1S/C20H23ClN2O3S/c1-15-5-10-18(27(25,26)23-11-3-4-12-23)13-19(15)20(24)22(2)14-16-6-8-17(21)9-7-16/h5-10,13H,3-4,11-12,14H2,1-2H3. The Morgan fingerprint density at radius 1 is 1.11 bits per heavy atom. The van der Waals surface area contributed by atoms with Crippen LogP contribution in [0.4, 0.5) is 0 Å². The summed E-state index contributed by atoms with van der Waals surface area (Å²) in [5, 5.41) is 0.642. The number of amides is 1. The van der Waals surface area contributed by atoms with E-state index in [1.165, 1.54) is 10.4 Å². The molecule has 7 heteroatoms. The first-order valence-electron chi connectivity index (χ1n) is 8.90. The van der Waals surface area contributed by atoms with Crippen molar-refractivity contribution in [2.45, 2.75) is 31.2 Å². The van der Waals surface area contributed by atoms with Crippen LogP contribution < -0.4 is 0 Å². The van der Waals surface area contributed by atoms with E-state index in [0.29, 0.717) is 30.2 Å². The Labute approximate surface area is 165 Å². The van der Waals surface area contributed by atoms with Gasteiger partial charge in [0.15, 0.2) is 0 Å². The molecule has 0 aromatic heterocycles. The number of halogens is 1. The minimum Gasteiger partial charge on any atom is -0.337 e. The predicted octanol–water partition coefficient (Wildman–Crippen LogP) is 3.71. The summed E-state index contributed by atoms with van der Waals surface area (Å²) in [5.41, 5.74) is 2.11. The van der Waals surface area contributed by atoms with E-state index in [-0.39, 0.29) is 10.8 Å². The number of hydrogen-bond donors (Lipinski definition) is 0. The van der Waals surface area contributed by atoms with Crippen molar-refractivity contribution in [3.05, 3.63) is 64.2 Å². The molecule has 2 aromatic carbocycles. The smallest absolute Gasteiger partial charge is 0.254 e. The van der Waals surface area contributed by atoms with Crippen LogP contribution >= 0.6 is 11.6 Å². The zero-order valence-corrected chi connectivity index (χ0v) is 17.1. The maximum absolute atomic E-state index is 12.9. The van der Waals surface area contributed by atoms with E-state index in [0.717, 1.165) is 24.0 Å². The Kier molecular flexibility index (Phi) is 5.89. The number of rotatable bonds is 5. The van der Waals surface area contributed by atoms with Crippen molar-refractivity contribution >= 4 is 27.5 Å². The lowest BCUT2D eigenvalue weighted by Gasteiger charge is -2.20. The zero-order chi connectivity index (χ0) is 19.6. The van der Waals surface area contributed by atoms with Gasteiger partial charge in [-0.2, -0.15) is 4.31 Å². The van der Waals surface area contributed by atoms with Crippen LogP contribution in [0.1, 0.15) is 34.3 Å². The van der Waals surface area contributed by atoms with E-state index in [9.17, 15) is 13.2 Å². The first-order valence-corrected chi connectivity index (χ1v) is 10.7. The summed E-state index contributed by atoms with van der Waals surface area (Å²) < 4.78 is 27.1. The van der Waals surface area contributed by atoms with Gasteiger partial charge in [0.2, 0.25) is 10.0 Å². The predicted molar refractivity (Wildman–Crippen MR) is 106 cm³/mol. The molecule has 1 aliphatic rings. The van der Waals surface area contributed by atoms with Gasteiger partial charge in [-0.05, 0) is 55.2 Å². The van der Waals surface area contributed by atoms with Crippen LogP contribution in [0, 0.1) is 6.92 Å². The topological polar surface area (TPSA) is 57.7 Å². The Morgan fingerprint density at radius 3 is 2.37 bits per heavy atom. The SMILES string of the molecule is Cc1ccc(S(=O)(=O)N2CCCC2)cc1C(=O)N(C)Cc1ccc(Cl)cc1. The van der Waals surface area contributed by atoms with Crippen LogP contribution in [0.2, 0.25) is 5.02 Å². The minimum absolute atomic E-state index is 0.179. The fourth-order valence-electron chi connectivity index (χ4n) is 3.21. The van der Waals surface area contributed by atoms with Gasteiger partial charge < -0.3 is 4.90 Å². The molecule has 1 aliphatic heterocycles. The number of benzene rings is 2. The van der Waals surface area contributed by atoms with Crippen LogP contribution in [-0.2, 0) is 16.6 Å². The van der Waals surface area contributed by atoms with Crippen LogP contribution in [0.25, 0.3) is 0 Å². The molecule has 0 radical (unpaired) electrons. The Morgan fingerprint density at radius 2 is 1.74 bits per heavy atom. The maximum Gasteiger partial charge on any atom is 0.254 e. The molecule has 1 saturated heterocycles. The van der Waals surface area contributed by atoms with E-state index in [4.69, 9.17) is 11.6 Å². The van der Waals surface area contributed by atoms with E-state index in [2.05, 4.69) is 0 Å². The molecule has 0 spiro atoms. The molecule has 27 heavy (non-hydrogen) atoms. The number of carbonyl (C=O) groups excluding carboxylic acids is 1. The van der Waals surface area contributed by atoms with Crippen molar-refractivity contribution < 1.29 is 13.2 Å². The third kappa shape index (κ3) is 4.34.